The second kappa shape index (κ2) is 8.68. The molecular formula is C22H22N2O5. The van der Waals surface area contributed by atoms with Crippen LogP contribution in [0, 0.1) is 0 Å². The molecule has 7 nitrogen and oxygen atoms in total. The Labute approximate surface area is 168 Å². The Morgan fingerprint density at radius 1 is 0.966 bits per heavy atom. The number of benzene rings is 2. The summed E-state index contributed by atoms with van der Waals surface area (Å²) < 4.78 is 5.03. The van der Waals surface area contributed by atoms with Crippen LogP contribution < -0.4 is 10.2 Å². The van der Waals surface area contributed by atoms with E-state index in [1.807, 2.05) is 32.0 Å². The van der Waals surface area contributed by atoms with Gasteiger partial charge in [0.15, 0.2) is 6.61 Å². The molecule has 0 aliphatic carbocycles. The zero-order chi connectivity index (χ0) is 21.0. The van der Waals surface area contributed by atoms with Crippen molar-refractivity contribution in [3.8, 4) is 0 Å². The van der Waals surface area contributed by atoms with Crippen LogP contribution >= 0.6 is 0 Å². The number of fused-ring (bicyclic) bond motifs is 1. The summed E-state index contributed by atoms with van der Waals surface area (Å²) in [6.45, 7) is 3.09. The van der Waals surface area contributed by atoms with Gasteiger partial charge in [0, 0.05) is 5.69 Å². The number of ketones is 1. The maximum atomic E-state index is 12.3. The first-order chi connectivity index (χ1) is 14.0. The number of Topliss-reactive ketones (excluding diaryl/α,β-unsaturated/α-hetero) is 1. The minimum Gasteiger partial charge on any atom is -0.454 e. The third-order valence-corrected chi connectivity index (χ3v) is 4.79. The second-order valence-electron chi connectivity index (χ2n) is 6.60. The van der Waals surface area contributed by atoms with Crippen molar-refractivity contribution >= 4 is 34.9 Å². The molecule has 0 unspecified atom stereocenters. The van der Waals surface area contributed by atoms with Gasteiger partial charge >= 0.3 is 5.97 Å². The molecule has 0 spiro atoms. The minimum absolute atomic E-state index is 0.256. The largest absolute Gasteiger partial charge is 0.454 e. The number of para-hydroxylation sites is 2. The summed E-state index contributed by atoms with van der Waals surface area (Å²) in [5.41, 5.74) is 3.37. The molecule has 2 amide bonds. The molecule has 0 atom stereocenters. The lowest BCUT2D eigenvalue weighted by Crippen LogP contribution is -2.36. The van der Waals surface area contributed by atoms with Crippen LogP contribution in [-0.4, -0.2) is 36.7 Å². The summed E-state index contributed by atoms with van der Waals surface area (Å²) in [6, 6.07) is 12.3. The monoisotopic (exact) mass is 394 g/mol. The predicted molar refractivity (Wildman–Crippen MR) is 108 cm³/mol. The molecule has 0 radical (unpaired) electrons. The maximum Gasteiger partial charge on any atom is 0.326 e. The number of hydrogen-bond acceptors (Lipinski definition) is 5. The van der Waals surface area contributed by atoms with Crippen LogP contribution in [0.4, 0.5) is 11.4 Å². The Balaban J connectivity index is 1.60. The number of nitrogens with zero attached hydrogens (tertiary/aromatic N) is 1. The topological polar surface area (TPSA) is 92.8 Å². The SMILES string of the molecule is CCc1cccc(CC)c1NC(=O)COC(=O)CN1C(=O)C(=O)c2ccccc21. The Bertz CT molecular complexity index is 961. The molecule has 1 aliphatic rings. The molecule has 0 saturated carbocycles. The lowest BCUT2D eigenvalue weighted by Gasteiger charge is -2.16. The predicted octanol–water partition coefficient (Wildman–Crippen LogP) is 2.52. The van der Waals surface area contributed by atoms with E-state index in [9.17, 15) is 19.2 Å². The quantitative estimate of drug-likeness (QED) is 0.575. The molecule has 1 N–H and O–H groups in total. The van der Waals surface area contributed by atoms with E-state index in [2.05, 4.69) is 5.32 Å². The second-order valence-corrected chi connectivity index (χ2v) is 6.60. The molecule has 1 heterocycles. The van der Waals surface area contributed by atoms with Gasteiger partial charge in [0.05, 0.1) is 11.3 Å². The van der Waals surface area contributed by atoms with Crippen LogP contribution in [0.3, 0.4) is 0 Å². The summed E-state index contributed by atoms with van der Waals surface area (Å²) in [4.78, 5) is 49.6. The molecule has 0 saturated heterocycles. The molecule has 2 aromatic carbocycles. The smallest absolute Gasteiger partial charge is 0.326 e. The Morgan fingerprint density at radius 2 is 1.62 bits per heavy atom. The van der Waals surface area contributed by atoms with Crippen LogP contribution in [0.1, 0.15) is 35.3 Å². The zero-order valence-corrected chi connectivity index (χ0v) is 16.4. The molecule has 1 aliphatic heterocycles. The van der Waals surface area contributed by atoms with Crippen molar-refractivity contribution < 1.29 is 23.9 Å². The van der Waals surface area contributed by atoms with Crippen molar-refractivity contribution in [2.75, 3.05) is 23.4 Å². The number of ether oxygens (including phenoxy) is 1. The Morgan fingerprint density at radius 3 is 2.28 bits per heavy atom. The number of hydrogen-bond donors (Lipinski definition) is 1. The van der Waals surface area contributed by atoms with Gasteiger partial charge < -0.3 is 10.1 Å². The number of rotatable bonds is 7. The van der Waals surface area contributed by atoms with Gasteiger partial charge in [-0.1, -0.05) is 44.2 Å². The molecule has 0 aromatic heterocycles. The van der Waals surface area contributed by atoms with Crippen LogP contribution in [0.15, 0.2) is 42.5 Å². The normalized spacial score (nSPS) is 12.7. The number of nitrogens with one attached hydrogen (secondary N) is 1. The van der Waals surface area contributed by atoms with E-state index in [4.69, 9.17) is 4.74 Å². The number of carbonyl (C=O) groups excluding carboxylic acids is 4. The average Bonchev–Trinajstić information content (AvgIpc) is 2.97. The highest BCUT2D eigenvalue weighted by Crippen LogP contribution is 2.28. The van der Waals surface area contributed by atoms with E-state index < -0.39 is 36.7 Å². The van der Waals surface area contributed by atoms with Crippen LogP contribution in [0.5, 0.6) is 0 Å². The lowest BCUT2D eigenvalue weighted by molar-refractivity contribution is -0.146. The molecule has 7 heteroatoms. The van der Waals surface area contributed by atoms with E-state index >= 15 is 0 Å². The number of esters is 1. The van der Waals surface area contributed by atoms with Crippen LogP contribution in [-0.2, 0) is 32.0 Å². The fraction of sp³-hybridized carbons (Fsp3) is 0.273. The van der Waals surface area contributed by atoms with Crippen molar-refractivity contribution in [1.29, 1.82) is 0 Å². The fourth-order valence-corrected chi connectivity index (χ4v) is 3.30. The van der Waals surface area contributed by atoms with Crippen LogP contribution in [0.2, 0.25) is 0 Å². The van der Waals surface area contributed by atoms with E-state index in [0.717, 1.165) is 34.6 Å². The van der Waals surface area contributed by atoms with Gasteiger partial charge in [0.1, 0.15) is 6.54 Å². The molecule has 3 rings (SSSR count). The van der Waals surface area contributed by atoms with Gasteiger partial charge in [-0.2, -0.15) is 0 Å². The highest BCUT2D eigenvalue weighted by Gasteiger charge is 2.36. The fourth-order valence-electron chi connectivity index (χ4n) is 3.30. The summed E-state index contributed by atoms with van der Waals surface area (Å²) in [6.07, 6.45) is 1.52. The van der Waals surface area contributed by atoms with E-state index in [0.29, 0.717) is 5.69 Å². The third kappa shape index (κ3) is 4.18. The molecule has 0 bridgehead atoms. The van der Waals surface area contributed by atoms with E-state index in [1.165, 1.54) is 6.07 Å². The van der Waals surface area contributed by atoms with Crippen molar-refractivity contribution in [3.05, 3.63) is 59.2 Å². The number of carbonyl (C=O) groups is 4. The van der Waals surface area contributed by atoms with Gasteiger partial charge in [-0.05, 0) is 36.1 Å². The van der Waals surface area contributed by atoms with Gasteiger partial charge in [0.2, 0.25) is 0 Å². The standard InChI is InChI=1S/C22H22N2O5/c1-3-14-8-7-9-15(4-2)20(14)23-18(25)13-29-19(26)12-24-17-11-6-5-10-16(17)21(27)22(24)28/h5-11H,3-4,12-13H2,1-2H3,(H,23,25). The van der Waals surface area contributed by atoms with Crippen molar-refractivity contribution in [2.24, 2.45) is 0 Å². The summed E-state index contributed by atoms with van der Waals surface area (Å²) >= 11 is 0. The first-order valence-corrected chi connectivity index (χ1v) is 9.47. The van der Waals surface area contributed by atoms with Gasteiger partial charge in [-0.25, -0.2) is 0 Å². The zero-order valence-electron chi connectivity index (χ0n) is 16.4. The molecule has 29 heavy (non-hydrogen) atoms. The molecule has 150 valence electrons. The highest BCUT2D eigenvalue weighted by atomic mass is 16.5. The van der Waals surface area contributed by atoms with Crippen molar-refractivity contribution in [1.82, 2.24) is 0 Å². The number of aryl methyl sites for hydroxylation is 2. The molecular weight excluding hydrogens is 372 g/mol. The summed E-state index contributed by atoms with van der Waals surface area (Å²) in [7, 11) is 0. The molecule has 2 aromatic rings. The van der Waals surface area contributed by atoms with Gasteiger partial charge in [0.25, 0.3) is 17.6 Å². The first-order valence-electron chi connectivity index (χ1n) is 9.47. The summed E-state index contributed by atoms with van der Waals surface area (Å²) in [5.74, 6) is -2.66. The Hall–Kier alpha value is -3.48. The van der Waals surface area contributed by atoms with Gasteiger partial charge in [-0.15, -0.1) is 0 Å². The van der Waals surface area contributed by atoms with Crippen molar-refractivity contribution in [2.45, 2.75) is 26.7 Å². The lowest BCUT2D eigenvalue weighted by atomic mass is 10.0. The summed E-state index contributed by atoms with van der Waals surface area (Å²) in [5, 5.41) is 2.81. The highest BCUT2D eigenvalue weighted by molar-refractivity contribution is 6.52. The third-order valence-electron chi connectivity index (χ3n) is 4.79. The maximum absolute atomic E-state index is 12.3. The minimum atomic E-state index is -0.780. The average molecular weight is 394 g/mol. The first kappa shape index (κ1) is 20.3. The number of amides is 2. The van der Waals surface area contributed by atoms with E-state index in [-0.39, 0.29) is 5.56 Å². The molecule has 0 fully saturated rings. The van der Waals surface area contributed by atoms with Crippen molar-refractivity contribution in [3.63, 3.8) is 0 Å². The van der Waals surface area contributed by atoms with Crippen LogP contribution in [0.25, 0.3) is 0 Å². The Kier molecular flexibility index (Phi) is 6.07. The number of anilines is 2. The van der Waals surface area contributed by atoms with Gasteiger partial charge in [-0.3, -0.25) is 24.1 Å². The van der Waals surface area contributed by atoms with E-state index in [1.54, 1.807) is 18.2 Å².